The number of morpholine rings is 1. The van der Waals surface area contributed by atoms with Crippen molar-refractivity contribution in [2.24, 2.45) is 0 Å². The number of benzene rings is 1. The number of rotatable bonds is 2. The van der Waals surface area contributed by atoms with Gasteiger partial charge < -0.3 is 24.2 Å². The molecule has 6 heteroatoms. The normalized spacial score (nSPS) is 28.3. The van der Waals surface area contributed by atoms with E-state index in [0.717, 1.165) is 0 Å². The summed E-state index contributed by atoms with van der Waals surface area (Å²) in [5.74, 6) is 1.12. The molecule has 2 aliphatic heterocycles. The summed E-state index contributed by atoms with van der Waals surface area (Å²) in [5.41, 5.74) is 0. The molecular weight excluding hydrogens is 274 g/mol. The number of fused-ring (bicyclic) bond motifs is 1. The fraction of sp³-hybridized carbons (Fsp3) is 0.533. The van der Waals surface area contributed by atoms with Crippen molar-refractivity contribution in [3.05, 3.63) is 24.3 Å². The Hall–Kier alpha value is -1.79. The number of ether oxygens (including phenoxy) is 3. The van der Waals surface area contributed by atoms with E-state index in [0.29, 0.717) is 24.6 Å². The largest absolute Gasteiger partial charge is 0.485 e. The van der Waals surface area contributed by atoms with Crippen molar-refractivity contribution < 1.29 is 24.1 Å². The third kappa shape index (κ3) is 2.96. The molecule has 1 fully saturated rings. The van der Waals surface area contributed by atoms with Crippen LogP contribution in [0.25, 0.3) is 0 Å². The summed E-state index contributed by atoms with van der Waals surface area (Å²) < 4.78 is 16.8. The van der Waals surface area contributed by atoms with Crippen molar-refractivity contribution in [3.63, 3.8) is 0 Å². The lowest BCUT2D eigenvalue weighted by Gasteiger charge is -2.38. The molecule has 6 nitrogen and oxygen atoms in total. The number of nitrogens with zero attached hydrogens (tertiary/aromatic N) is 1. The number of carbonyl (C=O) groups is 1. The average Bonchev–Trinajstić information content (AvgIpc) is 2.53. The Morgan fingerprint density at radius 2 is 2.10 bits per heavy atom. The molecule has 0 saturated carbocycles. The molecule has 21 heavy (non-hydrogen) atoms. The van der Waals surface area contributed by atoms with Crippen LogP contribution in [0, 0.1) is 0 Å². The first kappa shape index (κ1) is 14.2. The lowest BCUT2D eigenvalue weighted by atomic mass is 10.2. The molecule has 0 aliphatic carbocycles. The van der Waals surface area contributed by atoms with Gasteiger partial charge in [0, 0.05) is 13.1 Å². The van der Waals surface area contributed by atoms with E-state index in [-0.39, 0.29) is 31.3 Å². The molecule has 2 aliphatic rings. The van der Waals surface area contributed by atoms with E-state index in [1.54, 1.807) is 11.0 Å². The van der Waals surface area contributed by atoms with Gasteiger partial charge in [-0.2, -0.15) is 0 Å². The van der Waals surface area contributed by atoms with Crippen molar-refractivity contribution in [1.29, 1.82) is 0 Å². The van der Waals surface area contributed by atoms with Gasteiger partial charge in [0.25, 0.3) is 5.91 Å². The first-order valence-corrected chi connectivity index (χ1v) is 7.11. The maximum atomic E-state index is 12.6. The summed E-state index contributed by atoms with van der Waals surface area (Å²) >= 11 is 0. The SMILES string of the molecule is CC1CN(C(=O)C2COc3ccccc3O2)CC(CO)O1. The van der Waals surface area contributed by atoms with Crippen LogP contribution in [0.5, 0.6) is 11.5 Å². The fourth-order valence-corrected chi connectivity index (χ4v) is 2.67. The molecule has 3 unspecified atom stereocenters. The van der Waals surface area contributed by atoms with Gasteiger partial charge in [-0.3, -0.25) is 4.79 Å². The Morgan fingerprint density at radius 1 is 1.33 bits per heavy atom. The van der Waals surface area contributed by atoms with Crippen molar-refractivity contribution in [2.75, 3.05) is 26.3 Å². The molecule has 0 radical (unpaired) electrons. The van der Waals surface area contributed by atoms with Crippen LogP contribution in [0.15, 0.2) is 24.3 Å². The van der Waals surface area contributed by atoms with Crippen LogP contribution in [0.2, 0.25) is 0 Å². The Morgan fingerprint density at radius 3 is 2.86 bits per heavy atom. The minimum atomic E-state index is -0.649. The highest BCUT2D eigenvalue weighted by Crippen LogP contribution is 2.31. The van der Waals surface area contributed by atoms with E-state index in [4.69, 9.17) is 14.2 Å². The van der Waals surface area contributed by atoms with Crippen LogP contribution in [0.1, 0.15) is 6.92 Å². The quantitative estimate of drug-likeness (QED) is 0.856. The number of hydrogen-bond donors (Lipinski definition) is 1. The van der Waals surface area contributed by atoms with E-state index in [2.05, 4.69) is 0 Å². The number of hydrogen-bond acceptors (Lipinski definition) is 5. The average molecular weight is 293 g/mol. The second kappa shape index (κ2) is 5.91. The van der Waals surface area contributed by atoms with Gasteiger partial charge in [0.15, 0.2) is 11.5 Å². The lowest BCUT2D eigenvalue weighted by Crippen LogP contribution is -2.55. The molecule has 0 bridgehead atoms. The molecule has 3 rings (SSSR count). The molecule has 1 N–H and O–H groups in total. The van der Waals surface area contributed by atoms with Gasteiger partial charge in [-0.1, -0.05) is 12.1 Å². The Balaban J connectivity index is 1.68. The van der Waals surface area contributed by atoms with Gasteiger partial charge in [0.2, 0.25) is 6.10 Å². The minimum absolute atomic E-state index is 0.0982. The van der Waals surface area contributed by atoms with Crippen molar-refractivity contribution >= 4 is 5.91 Å². The topological polar surface area (TPSA) is 68.2 Å². The van der Waals surface area contributed by atoms with Gasteiger partial charge in [-0.15, -0.1) is 0 Å². The number of para-hydroxylation sites is 2. The van der Waals surface area contributed by atoms with Crippen molar-refractivity contribution in [1.82, 2.24) is 4.90 Å². The zero-order valence-corrected chi connectivity index (χ0v) is 11.9. The molecule has 0 aromatic heterocycles. The number of aliphatic hydroxyl groups excluding tert-OH is 1. The predicted octanol–water partition coefficient (Wildman–Crippen LogP) is 0.435. The number of amides is 1. The highest BCUT2D eigenvalue weighted by molar-refractivity contribution is 5.82. The highest BCUT2D eigenvalue weighted by atomic mass is 16.6. The van der Waals surface area contributed by atoms with Crippen LogP contribution in [0.4, 0.5) is 0 Å². The van der Waals surface area contributed by atoms with E-state index in [1.807, 2.05) is 25.1 Å². The van der Waals surface area contributed by atoms with Gasteiger partial charge in [-0.05, 0) is 19.1 Å². The predicted molar refractivity (Wildman–Crippen MR) is 74.4 cm³/mol. The van der Waals surface area contributed by atoms with Crippen LogP contribution < -0.4 is 9.47 Å². The molecule has 114 valence electrons. The Labute approximate surface area is 123 Å². The molecule has 1 saturated heterocycles. The smallest absolute Gasteiger partial charge is 0.267 e. The van der Waals surface area contributed by atoms with Crippen LogP contribution >= 0.6 is 0 Å². The molecule has 1 aromatic rings. The fourth-order valence-electron chi connectivity index (χ4n) is 2.67. The van der Waals surface area contributed by atoms with Crippen LogP contribution in [-0.2, 0) is 9.53 Å². The second-order valence-electron chi connectivity index (χ2n) is 5.36. The van der Waals surface area contributed by atoms with E-state index in [1.165, 1.54) is 0 Å². The summed E-state index contributed by atoms with van der Waals surface area (Å²) in [6.07, 6.45) is -1.09. The number of carbonyl (C=O) groups excluding carboxylic acids is 1. The van der Waals surface area contributed by atoms with E-state index in [9.17, 15) is 9.90 Å². The molecule has 3 atom stereocenters. The molecule has 1 amide bonds. The summed E-state index contributed by atoms with van der Waals surface area (Å²) in [6, 6.07) is 7.30. The summed E-state index contributed by atoms with van der Waals surface area (Å²) in [4.78, 5) is 14.2. The van der Waals surface area contributed by atoms with Gasteiger partial charge in [0.1, 0.15) is 6.61 Å². The van der Waals surface area contributed by atoms with Crippen LogP contribution in [-0.4, -0.2) is 60.5 Å². The summed E-state index contributed by atoms with van der Waals surface area (Å²) in [6.45, 7) is 2.86. The van der Waals surface area contributed by atoms with E-state index < -0.39 is 6.10 Å². The maximum absolute atomic E-state index is 12.6. The zero-order chi connectivity index (χ0) is 14.8. The van der Waals surface area contributed by atoms with Gasteiger partial charge >= 0.3 is 0 Å². The molecular formula is C15H19NO5. The van der Waals surface area contributed by atoms with Crippen molar-refractivity contribution in [2.45, 2.75) is 25.2 Å². The van der Waals surface area contributed by atoms with Crippen LogP contribution in [0.3, 0.4) is 0 Å². The van der Waals surface area contributed by atoms with Gasteiger partial charge in [-0.25, -0.2) is 0 Å². The first-order valence-electron chi connectivity index (χ1n) is 7.11. The Bertz CT molecular complexity index is 521. The van der Waals surface area contributed by atoms with Gasteiger partial charge in [0.05, 0.1) is 18.8 Å². The monoisotopic (exact) mass is 293 g/mol. The standard InChI is InChI=1S/C15H19NO5/c1-10-6-16(7-11(8-17)20-10)15(18)14-9-19-12-4-2-3-5-13(12)21-14/h2-5,10-11,14,17H,6-9H2,1H3. The maximum Gasteiger partial charge on any atom is 0.267 e. The third-order valence-electron chi connectivity index (χ3n) is 3.63. The molecule has 1 aromatic carbocycles. The lowest BCUT2D eigenvalue weighted by molar-refractivity contribution is -0.156. The Kier molecular flexibility index (Phi) is 3.98. The summed E-state index contributed by atoms with van der Waals surface area (Å²) in [7, 11) is 0. The third-order valence-corrected chi connectivity index (χ3v) is 3.63. The first-order chi connectivity index (χ1) is 10.2. The molecule has 0 spiro atoms. The number of aliphatic hydroxyl groups is 1. The second-order valence-corrected chi connectivity index (χ2v) is 5.36. The summed E-state index contributed by atoms with van der Waals surface area (Å²) in [5, 5.41) is 9.23. The highest BCUT2D eigenvalue weighted by Gasteiger charge is 2.35. The minimum Gasteiger partial charge on any atom is -0.485 e. The van der Waals surface area contributed by atoms with E-state index >= 15 is 0 Å². The molecule has 2 heterocycles. The van der Waals surface area contributed by atoms with Crippen molar-refractivity contribution in [3.8, 4) is 11.5 Å². The zero-order valence-electron chi connectivity index (χ0n) is 11.9.